The molecule has 0 spiro atoms. The van der Waals surface area contributed by atoms with Gasteiger partial charge in [0.25, 0.3) is 5.56 Å². The zero-order valence-electron chi connectivity index (χ0n) is 17.3. The number of aromatic amines is 1. The molecule has 0 unspecified atom stereocenters. The van der Waals surface area contributed by atoms with Crippen LogP contribution in [0.5, 0.6) is 17.2 Å². The first-order valence-electron chi connectivity index (χ1n) is 10.4. The van der Waals surface area contributed by atoms with Crippen molar-refractivity contribution in [3.05, 3.63) is 64.3 Å². The minimum Gasteiger partial charge on any atom is -0.493 e. The lowest BCUT2D eigenvalue weighted by molar-refractivity contribution is 0.171. The van der Waals surface area contributed by atoms with Crippen molar-refractivity contribution in [2.75, 3.05) is 27.0 Å². The Bertz CT molecular complexity index is 1120. The van der Waals surface area contributed by atoms with Gasteiger partial charge in [0.1, 0.15) is 5.82 Å². The van der Waals surface area contributed by atoms with Crippen LogP contribution < -0.4 is 19.8 Å². The molecule has 0 amide bonds. The molecule has 2 aliphatic rings. The summed E-state index contributed by atoms with van der Waals surface area (Å²) in [7, 11) is 1.64. The maximum absolute atomic E-state index is 12.2. The predicted molar refractivity (Wildman–Crippen MR) is 114 cm³/mol. The molecule has 31 heavy (non-hydrogen) atoms. The highest BCUT2D eigenvalue weighted by Gasteiger charge is 2.25. The number of nitrogens with zero attached hydrogens (tertiary/aromatic N) is 3. The van der Waals surface area contributed by atoms with E-state index in [0.29, 0.717) is 17.3 Å². The van der Waals surface area contributed by atoms with Crippen LogP contribution in [0.2, 0.25) is 0 Å². The van der Waals surface area contributed by atoms with Gasteiger partial charge in [-0.25, -0.2) is 4.98 Å². The highest BCUT2D eigenvalue weighted by atomic mass is 16.7. The lowest BCUT2D eigenvalue weighted by Crippen LogP contribution is -2.33. The molecule has 1 N–H and O–H groups in total. The normalized spacial score (nSPS) is 16.4. The monoisotopic (exact) mass is 420 g/mol. The number of piperidine rings is 1. The molecule has 8 heteroatoms. The van der Waals surface area contributed by atoms with E-state index in [2.05, 4.69) is 14.9 Å². The second kappa shape index (κ2) is 8.39. The number of ether oxygens (including phenoxy) is 3. The second-order valence-electron chi connectivity index (χ2n) is 7.84. The van der Waals surface area contributed by atoms with Gasteiger partial charge in [-0.1, -0.05) is 0 Å². The number of methoxy groups -OCH3 is 1. The van der Waals surface area contributed by atoms with Gasteiger partial charge in [-0.2, -0.15) is 0 Å². The third kappa shape index (κ3) is 4.11. The molecule has 4 heterocycles. The average molecular weight is 420 g/mol. The number of rotatable bonds is 5. The number of nitrogens with one attached hydrogen (secondary N) is 1. The van der Waals surface area contributed by atoms with Gasteiger partial charge in [0, 0.05) is 36.5 Å². The van der Waals surface area contributed by atoms with Gasteiger partial charge in [0.15, 0.2) is 11.5 Å². The van der Waals surface area contributed by atoms with Gasteiger partial charge in [0.2, 0.25) is 12.5 Å². The predicted octanol–water partition coefficient (Wildman–Crippen LogP) is 2.95. The largest absolute Gasteiger partial charge is 0.493 e. The lowest BCUT2D eigenvalue weighted by Gasteiger charge is -2.31. The maximum atomic E-state index is 12.2. The van der Waals surface area contributed by atoms with E-state index in [9.17, 15) is 4.79 Å². The van der Waals surface area contributed by atoms with Crippen LogP contribution >= 0.6 is 0 Å². The van der Waals surface area contributed by atoms with Crippen molar-refractivity contribution >= 4 is 0 Å². The highest BCUT2D eigenvalue weighted by molar-refractivity contribution is 5.55. The smallest absolute Gasteiger partial charge is 0.251 e. The fourth-order valence-corrected chi connectivity index (χ4v) is 4.25. The SMILES string of the molecule is COc1cc(CN2CCC(c3cc(=O)[nH]c(-c4cccnc4)n3)CC2)cc2c1OCO2. The molecule has 1 fully saturated rings. The van der Waals surface area contributed by atoms with Crippen molar-refractivity contribution in [2.45, 2.75) is 25.3 Å². The van der Waals surface area contributed by atoms with Gasteiger partial charge in [-0.3, -0.25) is 14.7 Å². The molecule has 1 aromatic carbocycles. The minimum atomic E-state index is -0.126. The number of H-pyrrole nitrogens is 1. The summed E-state index contributed by atoms with van der Waals surface area (Å²) in [6.45, 7) is 2.89. The third-order valence-electron chi connectivity index (χ3n) is 5.83. The molecule has 2 aromatic heterocycles. The van der Waals surface area contributed by atoms with E-state index in [1.54, 1.807) is 25.6 Å². The molecule has 5 rings (SSSR count). The molecule has 1 saturated heterocycles. The molecule has 0 aliphatic carbocycles. The Morgan fingerprint density at radius 2 is 2.10 bits per heavy atom. The highest BCUT2D eigenvalue weighted by Crippen LogP contribution is 2.42. The Labute approximate surface area is 179 Å². The molecule has 3 aromatic rings. The number of likely N-dealkylation sites (tertiary alicyclic amines) is 1. The van der Waals surface area contributed by atoms with Gasteiger partial charge >= 0.3 is 0 Å². The Morgan fingerprint density at radius 3 is 2.87 bits per heavy atom. The summed E-state index contributed by atoms with van der Waals surface area (Å²) in [6.07, 6.45) is 5.32. The maximum Gasteiger partial charge on any atom is 0.251 e. The number of pyridine rings is 1. The number of hydrogen-bond donors (Lipinski definition) is 1. The van der Waals surface area contributed by atoms with E-state index in [0.717, 1.165) is 55.0 Å². The number of hydrogen-bond acceptors (Lipinski definition) is 7. The van der Waals surface area contributed by atoms with E-state index in [1.165, 1.54) is 0 Å². The van der Waals surface area contributed by atoms with Crippen LogP contribution in [-0.4, -0.2) is 46.8 Å². The van der Waals surface area contributed by atoms with Gasteiger partial charge in [-0.05, 0) is 55.8 Å². The summed E-state index contributed by atoms with van der Waals surface area (Å²) in [6, 6.07) is 9.40. The molecule has 0 saturated carbocycles. The van der Waals surface area contributed by atoms with E-state index < -0.39 is 0 Å². The van der Waals surface area contributed by atoms with Crippen LogP contribution in [0.4, 0.5) is 0 Å². The summed E-state index contributed by atoms with van der Waals surface area (Å²) < 4.78 is 16.5. The first-order chi connectivity index (χ1) is 15.2. The van der Waals surface area contributed by atoms with Crippen molar-refractivity contribution < 1.29 is 14.2 Å². The quantitative estimate of drug-likeness (QED) is 0.679. The number of benzene rings is 1. The Hall–Kier alpha value is -3.39. The number of aromatic nitrogens is 3. The second-order valence-corrected chi connectivity index (χ2v) is 7.84. The molecule has 0 radical (unpaired) electrons. The minimum absolute atomic E-state index is 0.126. The van der Waals surface area contributed by atoms with E-state index in [1.807, 2.05) is 24.3 Å². The van der Waals surface area contributed by atoms with Crippen LogP contribution in [0.3, 0.4) is 0 Å². The Kier molecular flexibility index (Phi) is 5.30. The fourth-order valence-electron chi connectivity index (χ4n) is 4.25. The topological polar surface area (TPSA) is 89.6 Å². The summed E-state index contributed by atoms with van der Waals surface area (Å²) in [4.78, 5) is 26.3. The van der Waals surface area contributed by atoms with Crippen LogP contribution in [0, 0.1) is 0 Å². The summed E-state index contributed by atoms with van der Waals surface area (Å²) in [5.41, 5.74) is 2.68. The van der Waals surface area contributed by atoms with E-state index in [-0.39, 0.29) is 18.3 Å². The Morgan fingerprint density at radius 1 is 1.23 bits per heavy atom. The third-order valence-corrected chi connectivity index (χ3v) is 5.83. The van der Waals surface area contributed by atoms with Crippen molar-refractivity contribution in [3.63, 3.8) is 0 Å². The fraction of sp³-hybridized carbons (Fsp3) is 0.348. The zero-order chi connectivity index (χ0) is 21.2. The number of fused-ring (bicyclic) bond motifs is 1. The summed E-state index contributed by atoms with van der Waals surface area (Å²) >= 11 is 0. The zero-order valence-corrected chi connectivity index (χ0v) is 17.3. The van der Waals surface area contributed by atoms with Gasteiger partial charge in [0.05, 0.1) is 12.8 Å². The average Bonchev–Trinajstić information content (AvgIpc) is 3.28. The first-order valence-corrected chi connectivity index (χ1v) is 10.4. The van der Waals surface area contributed by atoms with Crippen molar-refractivity contribution in [1.29, 1.82) is 0 Å². The first kappa shape index (κ1) is 19.6. The van der Waals surface area contributed by atoms with Crippen LogP contribution in [0.25, 0.3) is 11.4 Å². The molecule has 8 nitrogen and oxygen atoms in total. The van der Waals surface area contributed by atoms with Crippen LogP contribution in [0.1, 0.15) is 30.0 Å². The van der Waals surface area contributed by atoms with Crippen molar-refractivity contribution in [3.8, 4) is 28.6 Å². The molecular formula is C23H24N4O4. The van der Waals surface area contributed by atoms with E-state index >= 15 is 0 Å². The standard InChI is InChI=1S/C23H24N4O4/c1-29-19-9-15(10-20-22(19)31-14-30-20)13-27-7-4-16(5-8-27)18-11-21(28)26-23(25-18)17-3-2-6-24-12-17/h2-3,6,9-12,16H,4-5,7-8,13-14H2,1H3,(H,25,26,28). The molecular weight excluding hydrogens is 396 g/mol. The summed E-state index contributed by atoms with van der Waals surface area (Å²) in [5.74, 6) is 2.95. The van der Waals surface area contributed by atoms with E-state index in [4.69, 9.17) is 19.2 Å². The molecule has 160 valence electrons. The van der Waals surface area contributed by atoms with Crippen LogP contribution in [-0.2, 0) is 6.54 Å². The lowest BCUT2D eigenvalue weighted by atomic mass is 9.93. The molecule has 0 bridgehead atoms. The van der Waals surface area contributed by atoms with Crippen LogP contribution in [0.15, 0.2) is 47.5 Å². The van der Waals surface area contributed by atoms with Crippen molar-refractivity contribution in [2.24, 2.45) is 0 Å². The molecule has 2 aliphatic heterocycles. The molecule has 0 atom stereocenters. The van der Waals surface area contributed by atoms with Gasteiger partial charge in [-0.15, -0.1) is 0 Å². The summed E-state index contributed by atoms with van der Waals surface area (Å²) in [5, 5.41) is 0. The van der Waals surface area contributed by atoms with Gasteiger partial charge < -0.3 is 19.2 Å². The Balaban J connectivity index is 1.27. The van der Waals surface area contributed by atoms with Crippen molar-refractivity contribution in [1.82, 2.24) is 19.9 Å².